The van der Waals surface area contributed by atoms with Crippen LogP contribution in [0.25, 0.3) is 17.3 Å². The topological polar surface area (TPSA) is 82.2 Å². The van der Waals surface area contributed by atoms with Crippen molar-refractivity contribution in [1.29, 1.82) is 0 Å². The van der Waals surface area contributed by atoms with E-state index in [0.717, 1.165) is 5.69 Å². The van der Waals surface area contributed by atoms with Crippen LogP contribution in [0.3, 0.4) is 0 Å². The summed E-state index contributed by atoms with van der Waals surface area (Å²) in [4.78, 5) is 16.4. The van der Waals surface area contributed by atoms with E-state index in [1.807, 2.05) is 58.0 Å². The number of hydrogen-bond acceptors (Lipinski definition) is 5. The predicted molar refractivity (Wildman–Crippen MR) is 98.3 cm³/mol. The van der Waals surface area contributed by atoms with E-state index < -0.39 is 0 Å². The summed E-state index contributed by atoms with van der Waals surface area (Å²) < 4.78 is 12.7. The van der Waals surface area contributed by atoms with Gasteiger partial charge in [0.05, 0.1) is 18.1 Å². The highest BCUT2D eigenvalue weighted by atomic mass is 16.5. The van der Waals surface area contributed by atoms with Gasteiger partial charge in [0.25, 0.3) is 0 Å². The second-order valence-electron chi connectivity index (χ2n) is 6.47. The van der Waals surface area contributed by atoms with E-state index in [1.165, 1.54) is 0 Å². The first-order valence-corrected chi connectivity index (χ1v) is 8.53. The summed E-state index contributed by atoms with van der Waals surface area (Å²) in [6, 6.07) is 11.3. The molecule has 3 aromatic rings. The van der Waals surface area contributed by atoms with Gasteiger partial charge in [-0.05, 0) is 44.2 Å². The van der Waals surface area contributed by atoms with Gasteiger partial charge in [-0.25, -0.2) is 4.68 Å². The van der Waals surface area contributed by atoms with Crippen molar-refractivity contribution in [3.05, 3.63) is 42.7 Å². The molecule has 0 atom stereocenters. The van der Waals surface area contributed by atoms with Gasteiger partial charge < -0.3 is 14.5 Å². The van der Waals surface area contributed by atoms with Gasteiger partial charge in [-0.2, -0.15) is 4.98 Å². The number of benzene rings is 1. The maximum absolute atomic E-state index is 12.0. The number of anilines is 1. The Labute approximate surface area is 152 Å². The van der Waals surface area contributed by atoms with Crippen molar-refractivity contribution in [2.75, 3.05) is 5.32 Å². The highest BCUT2D eigenvalue weighted by Gasteiger charge is 2.18. The third kappa shape index (κ3) is 3.93. The molecule has 136 valence electrons. The van der Waals surface area contributed by atoms with Crippen LogP contribution in [0, 0.1) is 5.92 Å². The van der Waals surface area contributed by atoms with Gasteiger partial charge in [-0.3, -0.25) is 4.79 Å². The van der Waals surface area contributed by atoms with E-state index in [1.54, 1.807) is 17.0 Å². The van der Waals surface area contributed by atoms with Crippen molar-refractivity contribution in [3.63, 3.8) is 0 Å². The van der Waals surface area contributed by atoms with Crippen LogP contribution in [0.15, 0.2) is 47.1 Å². The van der Waals surface area contributed by atoms with Gasteiger partial charge in [-0.1, -0.05) is 19.9 Å². The summed E-state index contributed by atoms with van der Waals surface area (Å²) in [7, 11) is 0. The zero-order valence-corrected chi connectivity index (χ0v) is 15.3. The maximum Gasteiger partial charge on any atom is 0.336 e. The van der Waals surface area contributed by atoms with Crippen LogP contribution in [0.4, 0.5) is 5.69 Å². The molecule has 0 aliphatic carbocycles. The molecule has 3 rings (SSSR count). The Bertz CT molecular complexity index is 882. The van der Waals surface area contributed by atoms with E-state index in [9.17, 15) is 4.79 Å². The number of nitrogens with one attached hydrogen (secondary N) is 1. The zero-order valence-electron chi connectivity index (χ0n) is 15.3. The summed E-state index contributed by atoms with van der Waals surface area (Å²) in [5.74, 6) is 0.955. The van der Waals surface area contributed by atoms with Gasteiger partial charge in [0.1, 0.15) is 0 Å². The highest BCUT2D eigenvalue weighted by molar-refractivity contribution is 5.92. The summed E-state index contributed by atoms with van der Waals surface area (Å²) in [5.41, 5.74) is 1.43. The molecular weight excluding hydrogens is 332 g/mol. The minimum atomic E-state index is -0.102. The van der Waals surface area contributed by atoms with Crippen molar-refractivity contribution in [1.82, 2.24) is 14.8 Å². The molecule has 26 heavy (non-hydrogen) atoms. The van der Waals surface area contributed by atoms with Crippen molar-refractivity contribution in [2.24, 2.45) is 5.92 Å². The molecule has 7 heteroatoms. The molecule has 2 heterocycles. The van der Waals surface area contributed by atoms with Crippen LogP contribution in [-0.4, -0.2) is 26.8 Å². The van der Waals surface area contributed by atoms with E-state index in [-0.39, 0.29) is 23.9 Å². The molecule has 1 aromatic carbocycles. The molecule has 0 saturated carbocycles. The fraction of sp³-hybridized carbons (Fsp3) is 0.316. The lowest BCUT2D eigenvalue weighted by Gasteiger charge is -2.10. The van der Waals surface area contributed by atoms with Crippen molar-refractivity contribution < 1.29 is 13.9 Å². The first-order valence-electron chi connectivity index (χ1n) is 8.53. The number of ether oxygens (including phenoxy) is 1. The number of amides is 1. The molecule has 1 amide bonds. The highest BCUT2D eigenvalue weighted by Crippen LogP contribution is 2.25. The molecule has 7 nitrogen and oxygen atoms in total. The lowest BCUT2D eigenvalue weighted by molar-refractivity contribution is -0.118. The Kier molecular flexibility index (Phi) is 5.06. The quantitative estimate of drug-likeness (QED) is 0.726. The number of rotatable bonds is 6. The Hall–Kier alpha value is -3.09. The fourth-order valence-corrected chi connectivity index (χ4v) is 2.30. The van der Waals surface area contributed by atoms with Gasteiger partial charge >= 0.3 is 6.01 Å². The van der Waals surface area contributed by atoms with Crippen LogP contribution in [0.2, 0.25) is 0 Å². The molecule has 1 N–H and O–H groups in total. The molecule has 0 unspecified atom stereocenters. The van der Waals surface area contributed by atoms with Crippen molar-refractivity contribution in [3.8, 4) is 23.3 Å². The molecule has 0 spiro atoms. The van der Waals surface area contributed by atoms with Crippen LogP contribution >= 0.6 is 0 Å². The summed E-state index contributed by atoms with van der Waals surface area (Å²) in [5, 5.41) is 7.33. The monoisotopic (exact) mass is 354 g/mol. The molecule has 0 fully saturated rings. The van der Waals surface area contributed by atoms with Gasteiger partial charge in [0.15, 0.2) is 5.76 Å². The van der Waals surface area contributed by atoms with E-state index in [0.29, 0.717) is 17.3 Å². The number of carbonyl (C=O) groups is 1. The van der Waals surface area contributed by atoms with E-state index in [2.05, 4.69) is 15.4 Å². The third-order valence-corrected chi connectivity index (χ3v) is 3.55. The minimum absolute atomic E-state index is 0.0455. The first kappa shape index (κ1) is 17.7. The molecule has 0 bridgehead atoms. The Morgan fingerprint density at radius 1 is 1.19 bits per heavy atom. The second-order valence-corrected chi connectivity index (χ2v) is 6.47. The number of furan rings is 1. The Morgan fingerprint density at radius 2 is 2.00 bits per heavy atom. The zero-order chi connectivity index (χ0) is 18.7. The first-order chi connectivity index (χ1) is 12.4. The third-order valence-electron chi connectivity index (χ3n) is 3.55. The fourth-order valence-electron chi connectivity index (χ4n) is 2.30. The van der Waals surface area contributed by atoms with Gasteiger partial charge in [-0.15, -0.1) is 5.10 Å². The lowest BCUT2D eigenvalue weighted by atomic mass is 10.2. The minimum Gasteiger partial charge on any atom is -0.461 e. The number of nitrogens with zero attached hydrogens (tertiary/aromatic N) is 3. The van der Waals surface area contributed by atoms with Gasteiger partial charge in [0, 0.05) is 11.6 Å². The standard InChI is InChI=1S/C19H22N4O3/c1-12(2)18(24)20-14-7-5-8-15(11-14)23-17(16-9-6-10-25-16)21-19(22-23)26-13(3)4/h5-13H,1-4H3,(H,20,24). The molecule has 0 aliphatic heterocycles. The molecule has 0 radical (unpaired) electrons. The SMILES string of the molecule is CC(C)Oc1nc(-c2ccco2)n(-c2cccc(NC(=O)C(C)C)c2)n1. The summed E-state index contributed by atoms with van der Waals surface area (Å²) in [6.07, 6.45) is 1.53. The second kappa shape index (κ2) is 7.43. The average Bonchev–Trinajstić information content (AvgIpc) is 3.23. The molecular formula is C19H22N4O3. The van der Waals surface area contributed by atoms with Crippen molar-refractivity contribution in [2.45, 2.75) is 33.8 Å². The van der Waals surface area contributed by atoms with Gasteiger partial charge in [0.2, 0.25) is 11.7 Å². The molecule has 0 aliphatic rings. The van der Waals surface area contributed by atoms with Crippen LogP contribution in [0.1, 0.15) is 27.7 Å². The smallest absolute Gasteiger partial charge is 0.336 e. The normalized spacial score (nSPS) is 11.2. The van der Waals surface area contributed by atoms with E-state index in [4.69, 9.17) is 9.15 Å². The summed E-state index contributed by atoms with van der Waals surface area (Å²) >= 11 is 0. The Morgan fingerprint density at radius 3 is 2.65 bits per heavy atom. The molecule has 0 saturated heterocycles. The van der Waals surface area contributed by atoms with E-state index >= 15 is 0 Å². The number of hydrogen-bond donors (Lipinski definition) is 1. The maximum atomic E-state index is 12.0. The molecule has 2 aromatic heterocycles. The van der Waals surface area contributed by atoms with Crippen LogP contribution in [-0.2, 0) is 4.79 Å². The number of aromatic nitrogens is 3. The largest absolute Gasteiger partial charge is 0.461 e. The Balaban J connectivity index is 2.00. The predicted octanol–water partition coefficient (Wildman–Crippen LogP) is 3.91. The average molecular weight is 354 g/mol. The summed E-state index contributed by atoms with van der Waals surface area (Å²) in [6.45, 7) is 7.52. The van der Waals surface area contributed by atoms with Crippen molar-refractivity contribution >= 4 is 11.6 Å². The van der Waals surface area contributed by atoms with Crippen LogP contribution in [0.5, 0.6) is 6.01 Å². The lowest BCUT2D eigenvalue weighted by Crippen LogP contribution is -2.17. The van der Waals surface area contributed by atoms with Crippen LogP contribution < -0.4 is 10.1 Å². The number of carbonyl (C=O) groups excluding carboxylic acids is 1.